The lowest BCUT2D eigenvalue weighted by Crippen LogP contribution is -2.47. The van der Waals surface area contributed by atoms with Crippen LogP contribution in [0.4, 0.5) is 5.69 Å². The van der Waals surface area contributed by atoms with Crippen molar-refractivity contribution in [1.29, 1.82) is 0 Å². The summed E-state index contributed by atoms with van der Waals surface area (Å²) in [6, 6.07) is 3.45. The number of aromatic nitrogens is 1. The van der Waals surface area contributed by atoms with E-state index in [4.69, 9.17) is 4.74 Å². The highest BCUT2D eigenvalue weighted by Crippen LogP contribution is 2.25. The second-order valence-corrected chi connectivity index (χ2v) is 7.05. The zero-order valence-corrected chi connectivity index (χ0v) is 14.1. The summed E-state index contributed by atoms with van der Waals surface area (Å²) in [5.74, 6) is 0.528. The molecule has 0 aliphatic carbocycles. The fourth-order valence-corrected chi connectivity index (χ4v) is 3.66. The summed E-state index contributed by atoms with van der Waals surface area (Å²) in [5.41, 5.74) is 2.47. The first-order valence-electron chi connectivity index (χ1n) is 8.70. The van der Waals surface area contributed by atoms with Crippen LogP contribution in [0.1, 0.15) is 52.9 Å². The molecule has 124 valence electrons. The summed E-state index contributed by atoms with van der Waals surface area (Å²) >= 11 is 0. The van der Waals surface area contributed by atoms with E-state index < -0.39 is 0 Å². The van der Waals surface area contributed by atoms with Crippen LogP contribution in [0, 0.1) is 0 Å². The van der Waals surface area contributed by atoms with Gasteiger partial charge in [-0.25, -0.2) is 0 Å². The standard InChI is InChI=1S/C18H29N3O.H2/c1-13(2)15-10-17(12-19-11-15)20-16-4-7-21(8-5-16)18-6-9-22-14(18)3;/h10-14,16,18,20H,4-9H2,1-3H3;1H. The van der Waals surface area contributed by atoms with Gasteiger partial charge in [-0.05, 0) is 43.7 Å². The monoisotopic (exact) mass is 305 g/mol. The molecule has 4 nitrogen and oxygen atoms in total. The molecule has 1 aromatic heterocycles. The van der Waals surface area contributed by atoms with Gasteiger partial charge in [0.1, 0.15) is 0 Å². The molecular formula is C18H31N3O. The van der Waals surface area contributed by atoms with Crippen LogP contribution >= 0.6 is 0 Å². The minimum absolute atomic E-state index is 0. The number of piperidine rings is 1. The van der Waals surface area contributed by atoms with Crippen molar-refractivity contribution in [1.82, 2.24) is 9.88 Å². The molecule has 2 unspecified atom stereocenters. The van der Waals surface area contributed by atoms with E-state index in [1.54, 1.807) is 0 Å². The van der Waals surface area contributed by atoms with Crippen molar-refractivity contribution in [2.45, 2.75) is 64.1 Å². The highest BCUT2D eigenvalue weighted by molar-refractivity contribution is 5.44. The van der Waals surface area contributed by atoms with Crippen molar-refractivity contribution in [3.05, 3.63) is 24.0 Å². The Balaban J connectivity index is 0.00000192. The maximum absolute atomic E-state index is 5.71. The summed E-state index contributed by atoms with van der Waals surface area (Å²) < 4.78 is 5.71. The topological polar surface area (TPSA) is 37.4 Å². The van der Waals surface area contributed by atoms with Crippen molar-refractivity contribution in [2.75, 3.05) is 25.0 Å². The maximum Gasteiger partial charge on any atom is 0.0703 e. The van der Waals surface area contributed by atoms with Crippen LogP contribution in [0.5, 0.6) is 0 Å². The fourth-order valence-electron chi connectivity index (χ4n) is 3.66. The number of likely N-dealkylation sites (tertiary alicyclic amines) is 1. The molecule has 2 atom stereocenters. The predicted molar refractivity (Wildman–Crippen MR) is 92.5 cm³/mol. The molecule has 0 spiro atoms. The number of rotatable bonds is 4. The van der Waals surface area contributed by atoms with Gasteiger partial charge in [-0.3, -0.25) is 9.88 Å². The summed E-state index contributed by atoms with van der Waals surface area (Å²) in [4.78, 5) is 6.99. The molecule has 2 saturated heterocycles. The normalized spacial score (nSPS) is 27.5. The number of hydrogen-bond donors (Lipinski definition) is 1. The van der Waals surface area contributed by atoms with E-state index in [0.717, 1.165) is 6.61 Å². The van der Waals surface area contributed by atoms with Gasteiger partial charge in [-0.15, -0.1) is 0 Å². The van der Waals surface area contributed by atoms with Gasteiger partial charge < -0.3 is 10.1 Å². The summed E-state index contributed by atoms with van der Waals surface area (Å²) in [6.45, 7) is 9.91. The quantitative estimate of drug-likeness (QED) is 0.924. The summed E-state index contributed by atoms with van der Waals surface area (Å²) in [6.07, 6.45) is 7.92. The number of anilines is 1. The molecule has 3 rings (SSSR count). The highest BCUT2D eigenvalue weighted by Gasteiger charge is 2.32. The third kappa shape index (κ3) is 3.61. The molecule has 0 amide bonds. The summed E-state index contributed by atoms with van der Waals surface area (Å²) in [5, 5.41) is 3.68. The minimum atomic E-state index is 0. The van der Waals surface area contributed by atoms with Crippen molar-refractivity contribution in [3.8, 4) is 0 Å². The Kier molecular flexibility index (Phi) is 4.99. The zero-order chi connectivity index (χ0) is 15.5. The van der Waals surface area contributed by atoms with Crippen LogP contribution in [0.3, 0.4) is 0 Å². The number of pyridine rings is 1. The van der Waals surface area contributed by atoms with Crippen LogP contribution in [-0.2, 0) is 4.74 Å². The van der Waals surface area contributed by atoms with E-state index in [1.165, 1.54) is 43.6 Å². The first-order valence-corrected chi connectivity index (χ1v) is 8.70. The SMILES string of the molecule is CC(C)c1cncc(NC2CCN(C3CCOC3C)CC2)c1.[HH]. The number of nitrogens with zero attached hydrogens (tertiary/aromatic N) is 2. The molecule has 4 heteroatoms. The van der Waals surface area contributed by atoms with E-state index in [1.807, 2.05) is 12.4 Å². The van der Waals surface area contributed by atoms with Crippen molar-refractivity contribution in [2.24, 2.45) is 0 Å². The van der Waals surface area contributed by atoms with Gasteiger partial charge in [0.2, 0.25) is 0 Å². The van der Waals surface area contributed by atoms with Crippen molar-refractivity contribution < 1.29 is 6.16 Å². The molecule has 0 bridgehead atoms. The van der Waals surface area contributed by atoms with E-state index in [9.17, 15) is 0 Å². The van der Waals surface area contributed by atoms with Crippen molar-refractivity contribution >= 4 is 5.69 Å². The molecule has 1 N–H and O–H groups in total. The Labute approximate surface area is 135 Å². The van der Waals surface area contributed by atoms with Crippen molar-refractivity contribution in [3.63, 3.8) is 0 Å². The van der Waals surface area contributed by atoms with Crippen LogP contribution in [0.2, 0.25) is 0 Å². The maximum atomic E-state index is 5.71. The number of ether oxygens (including phenoxy) is 1. The predicted octanol–water partition coefficient (Wildman–Crippen LogP) is 3.50. The third-order valence-corrected chi connectivity index (χ3v) is 5.13. The minimum Gasteiger partial charge on any atom is -0.381 e. The van der Waals surface area contributed by atoms with E-state index in [0.29, 0.717) is 24.1 Å². The smallest absolute Gasteiger partial charge is 0.0703 e. The van der Waals surface area contributed by atoms with E-state index in [-0.39, 0.29) is 1.43 Å². The summed E-state index contributed by atoms with van der Waals surface area (Å²) in [7, 11) is 0. The molecule has 22 heavy (non-hydrogen) atoms. The molecule has 2 aliphatic rings. The highest BCUT2D eigenvalue weighted by atomic mass is 16.5. The number of nitrogens with one attached hydrogen (secondary N) is 1. The van der Waals surface area contributed by atoms with E-state index in [2.05, 4.69) is 42.0 Å². The van der Waals surface area contributed by atoms with Gasteiger partial charge in [0.25, 0.3) is 0 Å². The first kappa shape index (κ1) is 15.8. The largest absolute Gasteiger partial charge is 0.381 e. The zero-order valence-electron chi connectivity index (χ0n) is 14.1. The van der Waals surface area contributed by atoms with Crippen LogP contribution in [-0.4, -0.2) is 47.8 Å². The molecule has 1 aromatic rings. The van der Waals surface area contributed by atoms with Gasteiger partial charge in [0.05, 0.1) is 11.8 Å². The van der Waals surface area contributed by atoms with Gasteiger partial charge in [0, 0.05) is 45.6 Å². The molecule has 0 aromatic carbocycles. The molecular weight excluding hydrogens is 274 g/mol. The molecule has 2 fully saturated rings. The van der Waals surface area contributed by atoms with E-state index >= 15 is 0 Å². The molecule has 0 saturated carbocycles. The van der Waals surface area contributed by atoms with Gasteiger partial charge in [0.15, 0.2) is 0 Å². The number of hydrogen-bond acceptors (Lipinski definition) is 4. The van der Waals surface area contributed by atoms with Crippen LogP contribution in [0.25, 0.3) is 0 Å². The van der Waals surface area contributed by atoms with Gasteiger partial charge in [-0.1, -0.05) is 13.8 Å². The average molecular weight is 305 g/mol. The van der Waals surface area contributed by atoms with Gasteiger partial charge in [-0.2, -0.15) is 0 Å². The fraction of sp³-hybridized carbons (Fsp3) is 0.722. The lowest BCUT2D eigenvalue weighted by atomic mass is 10.00. The molecule has 2 aliphatic heterocycles. The Morgan fingerprint density at radius 1 is 1.27 bits per heavy atom. The second-order valence-electron chi connectivity index (χ2n) is 7.05. The first-order chi connectivity index (χ1) is 10.6. The molecule has 0 radical (unpaired) electrons. The Bertz CT molecular complexity index is 489. The average Bonchev–Trinajstić information content (AvgIpc) is 2.94. The lowest BCUT2D eigenvalue weighted by molar-refractivity contribution is 0.0641. The third-order valence-electron chi connectivity index (χ3n) is 5.13. The van der Waals surface area contributed by atoms with Crippen LogP contribution < -0.4 is 5.32 Å². The Morgan fingerprint density at radius 3 is 2.68 bits per heavy atom. The molecule has 3 heterocycles. The van der Waals surface area contributed by atoms with Gasteiger partial charge >= 0.3 is 0 Å². The second kappa shape index (κ2) is 6.97. The Morgan fingerprint density at radius 2 is 2.05 bits per heavy atom. The Hall–Kier alpha value is -1.13. The lowest BCUT2D eigenvalue weighted by Gasteiger charge is -2.37. The van der Waals surface area contributed by atoms with Crippen LogP contribution in [0.15, 0.2) is 18.5 Å².